The van der Waals surface area contributed by atoms with Gasteiger partial charge >= 0.3 is 0 Å². The summed E-state index contributed by atoms with van der Waals surface area (Å²) in [6, 6.07) is 4.46. The third-order valence-electron chi connectivity index (χ3n) is 2.40. The lowest BCUT2D eigenvalue weighted by atomic mass is 10.0. The molecule has 1 aromatic carbocycles. The summed E-state index contributed by atoms with van der Waals surface area (Å²) in [5, 5.41) is 0.422. The molecule has 1 fully saturated rings. The van der Waals surface area contributed by atoms with Crippen LogP contribution in [0, 0.1) is 11.7 Å². The summed E-state index contributed by atoms with van der Waals surface area (Å²) < 4.78 is 12.9. The van der Waals surface area contributed by atoms with E-state index in [0.29, 0.717) is 10.9 Å². The van der Waals surface area contributed by atoms with Gasteiger partial charge in [0.25, 0.3) is 0 Å². The van der Waals surface area contributed by atoms with Gasteiger partial charge in [-0.1, -0.05) is 11.6 Å². The van der Waals surface area contributed by atoms with Gasteiger partial charge in [0.1, 0.15) is 5.82 Å². The molecule has 0 spiro atoms. The zero-order valence-corrected chi connectivity index (χ0v) is 9.11. The van der Waals surface area contributed by atoms with Crippen LogP contribution in [-0.4, -0.2) is 0 Å². The van der Waals surface area contributed by atoms with Crippen molar-refractivity contribution in [2.75, 3.05) is 0 Å². The third-order valence-corrected chi connectivity index (χ3v) is 2.62. The van der Waals surface area contributed by atoms with Gasteiger partial charge in [0.05, 0.1) is 0 Å². The van der Waals surface area contributed by atoms with Crippen molar-refractivity contribution in [2.45, 2.75) is 18.9 Å². The van der Waals surface area contributed by atoms with Crippen LogP contribution in [-0.2, 0) is 0 Å². The van der Waals surface area contributed by atoms with E-state index in [-0.39, 0.29) is 24.3 Å². The molecule has 0 amide bonds. The minimum absolute atomic E-state index is 0. The van der Waals surface area contributed by atoms with Gasteiger partial charge in [0, 0.05) is 11.1 Å². The van der Waals surface area contributed by atoms with E-state index < -0.39 is 0 Å². The molecule has 1 nitrogen and oxygen atoms in total. The van der Waals surface area contributed by atoms with Crippen molar-refractivity contribution in [2.24, 2.45) is 11.7 Å². The summed E-state index contributed by atoms with van der Waals surface area (Å²) in [4.78, 5) is 0. The highest BCUT2D eigenvalue weighted by Gasteiger charge is 2.29. The molecular formula is C10H12Cl2FN. The Kier molecular flexibility index (Phi) is 3.76. The maximum atomic E-state index is 12.9. The fourth-order valence-corrected chi connectivity index (χ4v) is 1.73. The van der Waals surface area contributed by atoms with E-state index in [2.05, 4.69) is 0 Å². The first kappa shape index (κ1) is 11.8. The van der Waals surface area contributed by atoms with Crippen molar-refractivity contribution in [3.05, 3.63) is 34.6 Å². The lowest BCUT2D eigenvalue weighted by Gasteiger charge is -2.10. The van der Waals surface area contributed by atoms with Crippen LogP contribution in [0.25, 0.3) is 0 Å². The van der Waals surface area contributed by atoms with Gasteiger partial charge in [-0.05, 0) is 42.5 Å². The first-order valence-corrected chi connectivity index (χ1v) is 4.76. The summed E-state index contributed by atoms with van der Waals surface area (Å²) in [5.74, 6) is 0.219. The van der Waals surface area contributed by atoms with E-state index in [0.717, 1.165) is 18.4 Å². The monoisotopic (exact) mass is 235 g/mol. The molecule has 2 N–H and O–H groups in total. The Morgan fingerprint density at radius 1 is 1.36 bits per heavy atom. The second-order valence-electron chi connectivity index (χ2n) is 3.57. The highest BCUT2D eigenvalue weighted by Crippen LogP contribution is 2.39. The van der Waals surface area contributed by atoms with Crippen LogP contribution in [0.15, 0.2) is 18.2 Å². The van der Waals surface area contributed by atoms with Crippen molar-refractivity contribution in [1.82, 2.24) is 0 Å². The molecule has 0 aliphatic heterocycles. The highest BCUT2D eigenvalue weighted by molar-refractivity contribution is 6.30. The molecular weight excluding hydrogens is 224 g/mol. The Bertz CT molecular complexity index is 306. The number of hydrogen-bond donors (Lipinski definition) is 1. The smallest absolute Gasteiger partial charge is 0.125 e. The normalized spacial score (nSPS) is 17.4. The predicted molar refractivity (Wildman–Crippen MR) is 58.3 cm³/mol. The summed E-state index contributed by atoms with van der Waals surface area (Å²) in [6.45, 7) is 0. The Labute approximate surface area is 93.8 Å². The molecule has 1 aliphatic carbocycles. The quantitative estimate of drug-likeness (QED) is 0.837. The zero-order chi connectivity index (χ0) is 9.42. The molecule has 0 radical (unpaired) electrons. The summed E-state index contributed by atoms with van der Waals surface area (Å²) >= 11 is 5.72. The standard InChI is InChI=1S/C10H11ClFN.ClH/c11-8-3-7(4-9(12)5-8)10(13)6-1-2-6;/h3-6,10H,1-2,13H2;1H/t10-;/m0./s1. The molecule has 4 heteroatoms. The second kappa shape index (κ2) is 4.47. The van der Waals surface area contributed by atoms with Gasteiger partial charge in [0.15, 0.2) is 0 Å². The molecule has 78 valence electrons. The molecule has 0 unspecified atom stereocenters. The second-order valence-corrected chi connectivity index (χ2v) is 4.00. The van der Waals surface area contributed by atoms with Crippen molar-refractivity contribution in [1.29, 1.82) is 0 Å². The average molecular weight is 236 g/mol. The highest BCUT2D eigenvalue weighted by atomic mass is 35.5. The molecule has 14 heavy (non-hydrogen) atoms. The lowest BCUT2D eigenvalue weighted by Crippen LogP contribution is -2.12. The minimum Gasteiger partial charge on any atom is -0.324 e. The molecule has 1 atom stereocenters. The van der Waals surface area contributed by atoms with Gasteiger partial charge in [0.2, 0.25) is 0 Å². The summed E-state index contributed by atoms with van der Waals surface area (Å²) in [6.07, 6.45) is 2.30. The fourth-order valence-electron chi connectivity index (χ4n) is 1.50. The number of hydrogen-bond acceptors (Lipinski definition) is 1. The summed E-state index contributed by atoms with van der Waals surface area (Å²) in [7, 11) is 0. The summed E-state index contributed by atoms with van der Waals surface area (Å²) in [5.41, 5.74) is 6.73. The number of halogens is 3. The van der Waals surface area contributed by atoms with Crippen LogP contribution in [0.2, 0.25) is 5.02 Å². The Hall–Kier alpha value is -0.310. The van der Waals surface area contributed by atoms with Crippen molar-refractivity contribution >= 4 is 24.0 Å². The predicted octanol–water partition coefficient (Wildman–Crippen LogP) is 3.31. The van der Waals surface area contributed by atoms with E-state index in [1.54, 1.807) is 6.07 Å². The molecule has 1 aromatic rings. The van der Waals surface area contributed by atoms with E-state index in [1.165, 1.54) is 12.1 Å². The third kappa shape index (κ3) is 2.59. The van der Waals surface area contributed by atoms with Crippen LogP contribution < -0.4 is 5.73 Å². The maximum absolute atomic E-state index is 12.9. The zero-order valence-electron chi connectivity index (χ0n) is 7.54. The molecule has 0 saturated heterocycles. The number of rotatable bonds is 2. The Morgan fingerprint density at radius 2 is 2.00 bits per heavy atom. The number of benzene rings is 1. The molecule has 0 bridgehead atoms. The van der Waals surface area contributed by atoms with Gasteiger partial charge in [-0.15, -0.1) is 12.4 Å². The van der Waals surface area contributed by atoms with Crippen LogP contribution in [0.5, 0.6) is 0 Å². The first-order valence-electron chi connectivity index (χ1n) is 4.38. The van der Waals surface area contributed by atoms with Crippen LogP contribution in [0.1, 0.15) is 24.4 Å². The first-order chi connectivity index (χ1) is 6.16. The largest absolute Gasteiger partial charge is 0.324 e. The van der Waals surface area contributed by atoms with Crippen molar-refractivity contribution in [3.8, 4) is 0 Å². The molecule has 0 heterocycles. The Morgan fingerprint density at radius 3 is 2.50 bits per heavy atom. The van der Waals surface area contributed by atoms with Crippen LogP contribution in [0.3, 0.4) is 0 Å². The van der Waals surface area contributed by atoms with Gasteiger partial charge in [-0.3, -0.25) is 0 Å². The average Bonchev–Trinajstić information content (AvgIpc) is 2.83. The van der Waals surface area contributed by atoms with Crippen molar-refractivity contribution in [3.63, 3.8) is 0 Å². The molecule has 0 aromatic heterocycles. The van der Waals surface area contributed by atoms with Gasteiger partial charge in [-0.2, -0.15) is 0 Å². The van der Waals surface area contributed by atoms with Crippen LogP contribution >= 0.6 is 24.0 Å². The van der Waals surface area contributed by atoms with Crippen molar-refractivity contribution < 1.29 is 4.39 Å². The van der Waals surface area contributed by atoms with Gasteiger partial charge in [-0.25, -0.2) is 4.39 Å². The topological polar surface area (TPSA) is 26.0 Å². The SMILES string of the molecule is Cl.N[C@H](c1cc(F)cc(Cl)c1)C1CC1. The number of nitrogens with two attached hydrogens (primary N) is 1. The minimum atomic E-state index is -0.307. The Balaban J connectivity index is 0.000000980. The van der Waals surface area contributed by atoms with E-state index >= 15 is 0 Å². The van der Waals surface area contributed by atoms with E-state index in [4.69, 9.17) is 17.3 Å². The van der Waals surface area contributed by atoms with Crippen LogP contribution in [0.4, 0.5) is 4.39 Å². The van der Waals surface area contributed by atoms with E-state index in [1.807, 2.05) is 0 Å². The molecule has 2 rings (SSSR count). The van der Waals surface area contributed by atoms with E-state index in [9.17, 15) is 4.39 Å². The maximum Gasteiger partial charge on any atom is 0.125 e. The lowest BCUT2D eigenvalue weighted by molar-refractivity contribution is 0.602. The molecule has 1 aliphatic rings. The fraction of sp³-hybridized carbons (Fsp3) is 0.400. The van der Waals surface area contributed by atoms with Gasteiger partial charge < -0.3 is 5.73 Å². The molecule has 1 saturated carbocycles.